The Hall–Kier alpha value is -2.37. The van der Waals surface area contributed by atoms with Gasteiger partial charge in [-0.05, 0) is 12.1 Å². The minimum Gasteiger partial charge on any atom is -0.382 e. The summed E-state index contributed by atoms with van der Waals surface area (Å²) in [6, 6.07) is 5.13. The van der Waals surface area contributed by atoms with Crippen LogP contribution in [0.4, 0.5) is 5.82 Å². The first-order chi connectivity index (χ1) is 8.08. The number of pyridine rings is 1. The van der Waals surface area contributed by atoms with Crippen LogP contribution in [-0.4, -0.2) is 39.7 Å². The minimum atomic E-state index is -0.146. The number of nitrogens with zero attached hydrogens (tertiary/aromatic N) is 4. The molecule has 0 saturated carbocycles. The van der Waals surface area contributed by atoms with Crippen molar-refractivity contribution < 1.29 is 4.79 Å². The zero-order chi connectivity index (χ0) is 12.4. The highest BCUT2D eigenvalue weighted by molar-refractivity contribution is 5.92. The second-order valence-electron chi connectivity index (χ2n) is 3.78. The van der Waals surface area contributed by atoms with Gasteiger partial charge >= 0.3 is 0 Å². The molecule has 0 aliphatic rings. The van der Waals surface area contributed by atoms with E-state index in [0.717, 1.165) is 5.69 Å². The zero-order valence-electron chi connectivity index (χ0n) is 9.66. The lowest BCUT2D eigenvalue weighted by Crippen LogP contribution is -2.22. The number of hydrogen-bond acceptors (Lipinski definition) is 4. The van der Waals surface area contributed by atoms with Gasteiger partial charge in [0.15, 0.2) is 0 Å². The summed E-state index contributed by atoms with van der Waals surface area (Å²) in [6.07, 6.45) is 3.30. The number of carbonyl (C=O) groups excluding carboxylic acids is 1. The first-order valence-electron chi connectivity index (χ1n) is 5.07. The third-order valence-corrected chi connectivity index (χ3v) is 2.24. The fourth-order valence-corrected chi connectivity index (χ4v) is 1.39. The molecule has 0 unspecified atom stereocenters. The van der Waals surface area contributed by atoms with E-state index >= 15 is 0 Å². The van der Waals surface area contributed by atoms with Crippen LogP contribution in [0.1, 0.15) is 10.5 Å². The van der Waals surface area contributed by atoms with Crippen LogP contribution in [-0.2, 0) is 0 Å². The summed E-state index contributed by atoms with van der Waals surface area (Å²) in [5, 5.41) is 4.07. The Kier molecular flexibility index (Phi) is 2.78. The van der Waals surface area contributed by atoms with Crippen LogP contribution < -0.4 is 5.73 Å². The number of carbonyl (C=O) groups is 1. The number of nitrogen functional groups attached to an aromatic ring is 1. The molecule has 0 spiro atoms. The molecule has 6 nitrogen and oxygen atoms in total. The molecule has 17 heavy (non-hydrogen) atoms. The smallest absolute Gasteiger partial charge is 0.272 e. The van der Waals surface area contributed by atoms with Crippen molar-refractivity contribution in [1.82, 2.24) is 19.7 Å². The molecule has 0 aliphatic carbocycles. The predicted molar refractivity (Wildman–Crippen MR) is 63.8 cm³/mol. The van der Waals surface area contributed by atoms with Crippen molar-refractivity contribution in [2.45, 2.75) is 0 Å². The van der Waals surface area contributed by atoms with Crippen LogP contribution in [0.5, 0.6) is 0 Å². The van der Waals surface area contributed by atoms with Crippen molar-refractivity contribution in [3.8, 4) is 5.69 Å². The molecular formula is C11H13N5O. The molecule has 6 heteroatoms. The van der Waals surface area contributed by atoms with Gasteiger partial charge in [0.2, 0.25) is 0 Å². The predicted octanol–water partition coefficient (Wildman–Crippen LogP) is 0.551. The Labute approximate surface area is 98.7 Å². The average molecular weight is 231 g/mol. The molecule has 0 bridgehead atoms. The first-order valence-corrected chi connectivity index (χ1v) is 5.07. The van der Waals surface area contributed by atoms with E-state index in [1.54, 1.807) is 49.4 Å². The Balaban J connectivity index is 2.38. The Morgan fingerprint density at radius 2 is 2.18 bits per heavy atom. The van der Waals surface area contributed by atoms with Crippen molar-refractivity contribution in [2.24, 2.45) is 0 Å². The molecule has 0 fully saturated rings. The average Bonchev–Trinajstić information content (AvgIpc) is 2.75. The van der Waals surface area contributed by atoms with Crippen LogP contribution in [0.15, 0.2) is 30.6 Å². The first kappa shape index (κ1) is 11.1. The number of rotatable bonds is 2. The molecule has 0 atom stereocenters. The lowest BCUT2D eigenvalue weighted by molar-refractivity contribution is 0.0822. The van der Waals surface area contributed by atoms with Crippen LogP contribution >= 0.6 is 0 Å². The van der Waals surface area contributed by atoms with E-state index in [4.69, 9.17) is 5.73 Å². The maximum Gasteiger partial charge on any atom is 0.272 e. The van der Waals surface area contributed by atoms with Gasteiger partial charge in [0.25, 0.3) is 5.91 Å². The molecule has 0 aliphatic heterocycles. The van der Waals surface area contributed by atoms with Gasteiger partial charge in [-0.15, -0.1) is 0 Å². The summed E-state index contributed by atoms with van der Waals surface area (Å²) in [6.45, 7) is 0. The van der Waals surface area contributed by atoms with Crippen molar-refractivity contribution in [3.63, 3.8) is 0 Å². The lowest BCUT2D eigenvalue weighted by atomic mass is 10.3. The monoisotopic (exact) mass is 231 g/mol. The second-order valence-corrected chi connectivity index (χ2v) is 3.78. The third-order valence-electron chi connectivity index (χ3n) is 2.24. The van der Waals surface area contributed by atoms with Gasteiger partial charge in [-0.2, -0.15) is 5.10 Å². The molecule has 2 N–H and O–H groups in total. The fraction of sp³-hybridized carbons (Fsp3) is 0.182. The summed E-state index contributed by atoms with van der Waals surface area (Å²) in [5.41, 5.74) is 6.67. The molecule has 2 aromatic rings. The Morgan fingerprint density at radius 3 is 2.76 bits per heavy atom. The molecule has 2 rings (SSSR count). The number of aromatic nitrogens is 3. The van der Waals surface area contributed by atoms with Crippen molar-refractivity contribution in [3.05, 3.63) is 36.3 Å². The SMILES string of the molecule is CN(C)C(=O)c1cc(-n2ccc(N)n2)ccn1. The van der Waals surface area contributed by atoms with Gasteiger partial charge in [0, 0.05) is 32.6 Å². The summed E-state index contributed by atoms with van der Waals surface area (Å²) in [5.74, 6) is 0.286. The number of hydrogen-bond donors (Lipinski definition) is 1. The number of nitrogens with two attached hydrogens (primary N) is 1. The molecule has 0 radical (unpaired) electrons. The molecule has 0 aromatic carbocycles. The largest absolute Gasteiger partial charge is 0.382 e. The van der Waals surface area contributed by atoms with Gasteiger partial charge < -0.3 is 10.6 Å². The van der Waals surface area contributed by atoms with Gasteiger partial charge in [-0.1, -0.05) is 0 Å². The normalized spacial score (nSPS) is 10.2. The minimum absolute atomic E-state index is 0.146. The van der Waals surface area contributed by atoms with E-state index in [0.29, 0.717) is 11.5 Å². The fourth-order valence-electron chi connectivity index (χ4n) is 1.39. The van der Waals surface area contributed by atoms with E-state index in [-0.39, 0.29) is 5.91 Å². The highest BCUT2D eigenvalue weighted by atomic mass is 16.2. The summed E-state index contributed by atoms with van der Waals surface area (Å²) in [4.78, 5) is 17.2. The van der Waals surface area contributed by atoms with E-state index in [2.05, 4.69) is 10.1 Å². The van der Waals surface area contributed by atoms with Gasteiger partial charge in [0.05, 0.1) is 5.69 Å². The highest BCUT2D eigenvalue weighted by Gasteiger charge is 2.10. The van der Waals surface area contributed by atoms with E-state index < -0.39 is 0 Å². The van der Waals surface area contributed by atoms with Crippen molar-refractivity contribution >= 4 is 11.7 Å². The molecule has 1 amide bonds. The third kappa shape index (κ3) is 2.25. The summed E-state index contributed by atoms with van der Waals surface area (Å²) >= 11 is 0. The summed E-state index contributed by atoms with van der Waals surface area (Å²) in [7, 11) is 3.37. The van der Waals surface area contributed by atoms with Crippen LogP contribution in [0, 0.1) is 0 Å². The van der Waals surface area contributed by atoms with Crippen molar-refractivity contribution in [2.75, 3.05) is 19.8 Å². The Bertz CT molecular complexity index is 546. The topological polar surface area (TPSA) is 77.0 Å². The molecule has 88 valence electrons. The molecule has 0 saturated heterocycles. The molecule has 2 heterocycles. The zero-order valence-corrected chi connectivity index (χ0v) is 9.66. The Morgan fingerprint density at radius 1 is 1.41 bits per heavy atom. The maximum atomic E-state index is 11.7. The van der Waals surface area contributed by atoms with Crippen molar-refractivity contribution in [1.29, 1.82) is 0 Å². The highest BCUT2D eigenvalue weighted by Crippen LogP contribution is 2.10. The standard InChI is InChI=1S/C11H13N5O/c1-15(2)11(17)9-7-8(3-5-13-9)16-6-4-10(12)14-16/h3-7H,1-2H3,(H2,12,14). The van der Waals surface area contributed by atoms with E-state index in [9.17, 15) is 4.79 Å². The van der Waals surface area contributed by atoms with Crippen LogP contribution in [0.25, 0.3) is 5.69 Å². The summed E-state index contributed by atoms with van der Waals surface area (Å²) < 4.78 is 1.60. The van der Waals surface area contributed by atoms with Gasteiger partial charge in [-0.25, -0.2) is 4.68 Å². The molecule has 2 aromatic heterocycles. The lowest BCUT2D eigenvalue weighted by Gasteiger charge is -2.10. The second kappa shape index (κ2) is 4.25. The van der Waals surface area contributed by atoms with E-state index in [1.807, 2.05) is 0 Å². The van der Waals surface area contributed by atoms with Gasteiger partial charge in [0.1, 0.15) is 11.5 Å². The maximum absolute atomic E-state index is 11.7. The van der Waals surface area contributed by atoms with Gasteiger partial charge in [-0.3, -0.25) is 9.78 Å². The van der Waals surface area contributed by atoms with E-state index in [1.165, 1.54) is 4.90 Å². The number of anilines is 1. The quantitative estimate of drug-likeness (QED) is 0.818. The number of amides is 1. The van der Waals surface area contributed by atoms with Crippen LogP contribution in [0.2, 0.25) is 0 Å². The van der Waals surface area contributed by atoms with Crippen LogP contribution in [0.3, 0.4) is 0 Å². The molecular weight excluding hydrogens is 218 g/mol.